The molecule has 0 spiro atoms. The molecule has 25 heavy (non-hydrogen) atoms. The number of carbonyl (C=O) groups is 1. The molecule has 0 unspecified atom stereocenters. The molecule has 0 bridgehead atoms. The van der Waals surface area contributed by atoms with E-state index in [4.69, 9.17) is 4.74 Å². The van der Waals surface area contributed by atoms with Gasteiger partial charge in [0.05, 0.1) is 18.3 Å². The van der Waals surface area contributed by atoms with Crippen LogP contribution in [0, 0.1) is 5.92 Å². The maximum atomic E-state index is 12.7. The van der Waals surface area contributed by atoms with Crippen molar-refractivity contribution in [1.29, 1.82) is 0 Å². The SMILES string of the molecule is O=C(c1ccsc1)N1CCO[C@H]2CN(Cc3cccnc3)CC[C@H]2C1. The monoisotopic (exact) mass is 357 g/mol. The van der Waals surface area contributed by atoms with Gasteiger partial charge in [0.1, 0.15) is 0 Å². The minimum atomic E-state index is 0.142. The number of rotatable bonds is 3. The van der Waals surface area contributed by atoms with E-state index in [2.05, 4.69) is 16.0 Å². The second kappa shape index (κ2) is 7.64. The highest BCUT2D eigenvalue weighted by atomic mass is 32.1. The van der Waals surface area contributed by atoms with Crippen molar-refractivity contribution in [2.45, 2.75) is 19.1 Å². The first-order valence-electron chi connectivity index (χ1n) is 8.84. The topological polar surface area (TPSA) is 45.7 Å². The largest absolute Gasteiger partial charge is 0.375 e. The molecule has 0 saturated carbocycles. The zero-order chi connectivity index (χ0) is 17.1. The van der Waals surface area contributed by atoms with E-state index in [0.29, 0.717) is 19.1 Å². The number of hydrogen-bond acceptors (Lipinski definition) is 5. The summed E-state index contributed by atoms with van der Waals surface area (Å²) >= 11 is 1.57. The fraction of sp³-hybridized carbons (Fsp3) is 0.474. The molecule has 0 radical (unpaired) electrons. The first-order chi connectivity index (χ1) is 12.3. The maximum Gasteiger partial charge on any atom is 0.254 e. The lowest BCUT2D eigenvalue weighted by molar-refractivity contribution is -0.0241. The van der Waals surface area contributed by atoms with Gasteiger partial charge in [0.15, 0.2) is 0 Å². The molecule has 132 valence electrons. The van der Waals surface area contributed by atoms with Gasteiger partial charge in [-0.2, -0.15) is 11.3 Å². The van der Waals surface area contributed by atoms with Crippen molar-refractivity contribution >= 4 is 17.2 Å². The molecule has 2 aromatic rings. The Bertz CT molecular complexity index is 692. The molecule has 2 atom stereocenters. The molecule has 6 heteroatoms. The van der Waals surface area contributed by atoms with E-state index in [0.717, 1.165) is 38.2 Å². The Labute approximate surface area is 152 Å². The van der Waals surface area contributed by atoms with Gasteiger partial charge < -0.3 is 9.64 Å². The van der Waals surface area contributed by atoms with Crippen LogP contribution in [0.2, 0.25) is 0 Å². The lowest BCUT2D eigenvalue weighted by Crippen LogP contribution is -2.47. The molecule has 2 aliphatic rings. The Hall–Kier alpha value is -1.76. The van der Waals surface area contributed by atoms with E-state index >= 15 is 0 Å². The van der Waals surface area contributed by atoms with Crippen molar-refractivity contribution in [3.05, 3.63) is 52.5 Å². The van der Waals surface area contributed by atoms with Crippen molar-refractivity contribution in [3.63, 3.8) is 0 Å². The average molecular weight is 357 g/mol. The van der Waals surface area contributed by atoms with Gasteiger partial charge in [-0.15, -0.1) is 0 Å². The van der Waals surface area contributed by atoms with Gasteiger partial charge in [-0.1, -0.05) is 6.07 Å². The molecule has 2 saturated heterocycles. The molecule has 4 rings (SSSR count). The van der Waals surface area contributed by atoms with Crippen LogP contribution in [0.4, 0.5) is 0 Å². The Kier molecular flexibility index (Phi) is 5.10. The summed E-state index contributed by atoms with van der Waals surface area (Å²) in [5, 5.41) is 3.89. The zero-order valence-electron chi connectivity index (χ0n) is 14.2. The van der Waals surface area contributed by atoms with Crippen LogP contribution in [0.3, 0.4) is 0 Å². The summed E-state index contributed by atoms with van der Waals surface area (Å²) in [5.74, 6) is 0.568. The highest BCUT2D eigenvalue weighted by Gasteiger charge is 2.34. The van der Waals surface area contributed by atoms with Gasteiger partial charge in [-0.05, 0) is 36.0 Å². The summed E-state index contributed by atoms with van der Waals surface area (Å²) in [6.07, 6.45) is 5.02. The minimum absolute atomic E-state index is 0.142. The number of thiophene rings is 1. The predicted octanol–water partition coefficient (Wildman–Crippen LogP) is 2.51. The van der Waals surface area contributed by atoms with Crippen LogP contribution in [0.5, 0.6) is 0 Å². The van der Waals surface area contributed by atoms with Gasteiger partial charge in [0, 0.05) is 49.9 Å². The molecule has 2 fully saturated rings. The number of likely N-dealkylation sites (tertiary alicyclic amines) is 1. The number of fused-ring (bicyclic) bond motifs is 1. The van der Waals surface area contributed by atoms with E-state index < -0.39 is 0 Å². The minimum Gasteiger partial charge on any atom is -0.375 e. The first-order valence-corrected chi connectivity index (χ1v) is 9.78. The molecule has 5 nitrogen and oxygen atoms in total. The summed E-state index contributed by atoms with van der Waals surface area (Å²) in [6.45, 7) is 5.00. The Morgan fingerprint density at radius 2 is 2.28 bits per heavy atom. The number of nitrogens with zero attached hydrogens (tertiary/aromatic N) is 3. The fourth-order valence-corrected chi connectivity index (χ4v) is 4.39. The highest BCUT2D eigenvalue weighted by molar-refractivity contribution is 7.08. The molecule has 1 amide bonds. The van der Waals surface area contributed by atoms with Crippen LogP contribution in [-0.2, 0) is 11.3 Å². The van der Waals surface area contributed by atoms with Crippen molar-refractivity contribution in [3.8, 4) is 0 Å². The van der Waals surface area contributed by atoms with Crippen LogP contribution in [-0.4, -0.2) is 59.6 Å². The molecular weight excluding hydrogens is 334 g/mol. The average Bonchev–Trinajstić information content (AvgIpc) is 3.09. The summed E-state index contributed by atoms with van der Waals surface area (Å²) < 4.78 is 6.12. The molecule has 0 N–H and O–H groups in total. The number of ether oxygens (including phenoxy) is 1. The molecule has 0 aromatic carbocycles. The quantitative estimate of drug-likeness (QED) is 0.847. The van der Waals surface area contributed by atoms with E-state index in [-0.39, 0.29) is 12.0 Å². The molecule has 4 heterocycles. The summed E-state index contributed by atoms with van der Waals surface area (Å²) in [4.78, 5) is 21.3. The van der Waals surface area contributed by atoms with Crippen molar-refractivity contribution in [1.82, 2.24) is 14.8 Å². The van der Waals surface area contributed by atoms with E-state index in [1.165, 1.54) is 5.56 Å². The smallest absolute Gasteiger partial charge is 0.254 e. The number of amides is 1. The lowest BCUT2D eigenvalue weighted by Gasteiger charge is -2.38. The summed E-state index contributed by atoms with van der Waals surface area (Å²) in [6, 6.07) is 6.01. The Balaban J connectivity index is 1.38. The summed E-state index contributed by atoms with van der Waals surface area (Å²) in [7, 11) is 0. The standard InChI is InChI=1S/C19H23N3O2S/c23-19(17-4-9-25-14-17)22-7-8-24-18-13-21(6-3-16(18)12-22)11-15-2-1-5-20-10-15/h1-2,4-5,9-10,14,16,18H,3,6-8,11-13H2/t16-,18-/m0/s1. The molecule has 0 aliphatic carbocycles. The van der Waals surface area contributed by atoms with Crippen LogP contribution in [0.15, 0.2) is 41.4 Å². The van der Waals surface area contributed by atoms with Gasteiger partial charge in [0.2, 0.25) is 0 Å². The normalized spacial score (nSPS) is 24.6. The van der Waals surface area contributed by atoms with Crippen molar-refractivity contribution in [2.75, 3.05) is 32.8 Å². The van der Waals surface area contributed by atoms with Gasteiger partial charge in [-0.3, -0.25) is 14.7 Å². The predicted molar refractivity (Wildman–Crippen MR) is 97.6 cm³/mol. The fourth-order valence-electron chi connectivity index (χ4n) is 3.76. The maximum absolute atomic E-state index is 12.7. The van der Waals surface area contributed by atoms with Crippen LogP contribution < -0.4 is 0 Å². The summed E-state index contributed by atoms with van der Waals surface area (Å²) in [5.41, 5.74) is 2.04. The lowest BCUT2D eigenvalue weighted by atomic mass is 9.93. The van der Waals surface area contributed by atoms with Crippen LogP contribution in [0.1, 0.15) is 22.3 Å². The van der Waals surface area contributed by atoms with Gasteiger partial charge >= 0.3 is 0 Å². The van der Waals surface area contributed by atoms with Crippen molar-refractivity contribution < 1.29 is 9.53 Å². The number of hydrogen-bond donors (Lipinski definition) is 0. The number of pyridine rings is 1. The van der Waals surface area contributed by atoms with Crippen LogP contribution >= 0.6 is 11.3 Å². The third kappa shape index (κ3) is 3.92. The number of aromatic nitrogens is 1. The molecular formula is C19H23N3O2S. The molecule has 2 aliphatic heterocycles. The third-order valence-electron chi connectivity index (χ3n) is 5.11. The van der Waals surface area contributed by atoms with E-state index in [1.54, 1.807) is 11.3 Å². The third-order valence-corrected chi connectivity index (χ3v) is 5.80. The van der Waals surface area contributed by atoms with Gasteiger partial charge in [0.25, 0.3) is 5.91 Å². The van der Waals surface area contributed by atoms with Gasteiger partial charge in [-0.25, -0.2) is 0 Å². The molecule has 2 aromatic heterocycles. The zero-order valence-corrected chi connectivity index (χ0v) is 15.0. The second-order valence-electron chi connectivity index (χ2n) is 6.82. The Morgan fingerprint density at radius 1 is 1.32 bits per heavy atom. The highest BCUT2D eigenvalue weighted by Crippen LogP contribution is 2.26. The van der Waals surface area contributed by atoms with Crippen molar-refractivity contribution in [2.24, 2.45) is 5.92 Å². The first kappa shape index (κ1) is 16.7. The number of carbonyl (C=O) groups excluding carboxylic acids is 1. The second-order valence-corrected chi connectivity index (χ2v) is 7.60. The van der Waals surface area contributed by atoms with E-state index in [1.807, 2.05) is 40.2 Å². The van der Waals surface area contributed by atoms with Crippen LogP contribution in [0.25, 0.3) is 0 Å². The van der Waals surface area contributed by atoms with E-state index in [9.17, 15) is 4.79 Å². The number of piperidine rings is 1. The Morgan fingerprint density at radius 3 is 3.08 bits per heavy atom.